The molecule has 0 saturated heterocycles. The number of nitrogens with one attached hydrogen (secondary N) is 1. The standard InChI is InChI=1S/C18H18F3N5OS/c1-26-15(9-23-25-26)12-7-16(28-10-12)17(27)24-14(8-22)6-11-3-2-4-13(5-11)18(19,20)21/h2-5,7,9-10,14H,6,8,22H2,1H3,(H,24,27)/t14-/m0/s1. The molecule has 0 aliphatic heterocycles. The molecule has 0 fully saturated rings. The van der Waals surface area contributed by atoms with Gasteiger partial charge in [0.1, 0.15) is 0 Å². The summed E-state index contributed by atoms with van der Waals surface area (Å²) >= 11 is 1.26. The fraction of sp³-hybridized carbons (Fsp3) is 0.278. The smallest absolute Gasteiger partial charge is 0.347 e. The highest BCUT2D eigenvalue weighted by Gasteiger charge is 2.30. The number of aryl methyl sites for hydroxylation is 1. The molecule has 1 atom stereocenters. The van der Waals surface area contributed by atoms with E-state index in [1.165, 1.54) is 17.4 Å². The van der Waals surface area contributed by atoms with Crippen molar-refractivity contribution in [3.05, 3.63) is 57.9 Å². The molecule has 3 N–H and O–H groups in total. The fourth-order valence-corrected chi connectivity index (χ4v) is 3.55. The number of alkyl halides is 3. The molecular formula is C18H18F3N5OS. The molecule has 3 rings (SSSR count). The number of nitrogens with zero attached hydrogens (tertiary/aromatic N) is 3. The maximum absolute atomic E-state index is 12.9. The third-order valence-corrected chi connectivity index (χ3v) is 5.12. The normalized spacial score (nSPS) is 12.8. The minimum atomic E-state index is -4.41. The molecule has 6 nitrogen and oxygen atoms in total. The Balaban J connectivity index is 1.69. The molecule has 1 aromatic carbocycles. The van der Waals surface area contributed by atoms with Crippen LogP contribution in [0.15, 0.2) is 41.9 Å². The predicted octanol–water partition coefficient (Wildman–Crippen LogP) is 2.86. The van der Waals surface area contributed by atoms with Gasteiger partial charge in [-0.15, -0.1) is 16.4 Å². The van der Waals surface area contributed by atoms with Crippen molar-refractivity contribution in [1.82, 2.24) is 20.3 Å². The number of rotatable bonds is 6. The van der Waals surface area contributed by atoms with Crippen LogP contribution in [0.4, 0.5) is 13.2 Å². The lowest BCUT2D eigenvalue weighted by Gasteiger charge is -2.17. The molecule has 2 heterocycles. The number of halogens is 3. The number of nitrogens with two attached hydrogens (primary N) is 1. The van der Waals surface area contributed by atoms with Crippen molar-refractivity contribution >= 4 is 17.2 Å². The van der Waals surface area contributed by atoms with Crippen molar-refractivity contribution in [2.75, 3.05) is 6.54 Å². The van der Waals surface area contributed by atoms with E-state index in [-0.39, 0.29) is 18.9 Å². The van der Waals surface area contributed by atoms with Gasteiger partial charge < -0.3 is 11.1 Å². The Morgan fingerprint density at radius 1 is 1.36 bits per heavy atom. The second-order valence-electron chi connectivity index (χ2n) is 6.25. The molecule has 0 unspecified atom stereocenters. The Morgan fingerprint density at radius 2 is 2.14 bits per heavy atom. The van der Waals surface area contributed by atoms with Gasteiger partial charge in [-0.05, 0) is 24.1 Å². The number of thiophene rings is 1. The van der Waals surface area contributed by atoms with Crippen LogP contribution < -0.4 is 11.1 Å². The van der Waals surface area contributed by atoms with Crippen molar-refractivity contribution in [3.8, 4) is 11.3 Å². The first-order valence-electron chi connectivity index (χ1n) is 8.38. The lowest BCUT2D eigenvalue weighted by atomic mass is 10.0. The molecule has 2 aromatic heterocycles. The van der Waals surface area contributed by atoms with Gasteiger partial charge in [0.2, 0.25) is 0 Å². The zero-order valence-electron chi connectivity index (χ0n) is 14.9. The van der Waals surface area contributed by atoms with Gasteiger partial charge in [-0.25, -0.2) is 4.68 Å². The number of benzene rings is 1. The van der Waals surface area contributed by atoms with E-state index in [0.717, 1.165) is 23.4 Å². The fourth-order valence-electron chi connectivity index (χ4n) is 2.75. The van der Waals surface area contributed by atoms with Crippen LogP contribution in [0.25, 0.3) is 11.3 Å². The maximum Gasteiger partial charge on any atom is 0.416 e. The van der Waals surface area contributed by atoms with E-state index in [9.17, 15) is 18.0 Å². The predicted molar refractivity (Wildman–Crippen MR) is 99.8 cm³/mol. The van der Waals surface area contributed by atoms with Crippen molar-refractivity contribution < 1.29 is 18.0 Å². The first-order valence-corrected chi connectivity index (χ1v) is 9.26. The molecule has 0 bridgehead atoms. The Labute approximate surface area is 163 Å². The summed E-state index contributed by atoms with van der Waals surface area (Å²) in [4.78, 5) is 13.0. The Hall–Kier alpha value is -2.72. The van der Waals surface area contributed by atoms with Crippen molar-refractivity contribution in [2.45, 2.75) is 18.6 Å². The molecule has 0 aliphatic carbocycles. The summed E-state index contributed by atoms with van der Waals surface area (Å²) in [6.07, 6.45) is -2.61. The van der Waals surface area contributed by atoms with E-state index in [2.05, 4.69) is 15.6 Å². The van der Waals surface area contributed by atoms with Crippen molar-refractivity contribution in [1.29, 1.82) is 0 Å². The van der Waals surface area contributed by atoms with Crippen LogP contribution in [0.1, 0.15) is 20.8 Å². The second-order valence-corrected chi connectivity index (χ2v) is 7.16. The number of hydrogen-bond acceptors (Lipinski definition) is 5. The van der Waals surface area contributed by atoms with E-state index >= 15 is 0 Å². The van der Waals surface area contributed by atoms with Crippen LogP contribution in [-0.4, -0.2) is 33.5 Å². The van der Waals surface area contributed by atoms with Crippen LogP contribution in [0, 0.1) is 0 Å². The summed E-state index contributed by atoms with van der Waals surface area (Å²) in [5.74, 6) is -0.325. The molecule has 28 heavy (non-hydrogen) atoms. The molecule has 0 aliphatic rings. The highest BCUT2D eigenvalue weighted by molar-refractivity contribution is 7.12. The summed E-state index contributed by atoms with van der Waals surface area (Å²) in [5.41, 5.74) is 7.04. The van der Waals surface area contributed by atoms with Gasteiger partial charge in [0, 0.05) is 30.6 Å². The monoisotopic (exact) mass is 409 g/mol. The Kier molecular flexibility index (Phi) is 5.80. The molecule has 0 saturated carbocycles. The zero-order chi connectivity index (χ0) is 20.3. The SMILES string of the molecule is Cn1nncc1-c1csc(C(=O)N[C@H](CN)Cc2cccc(C(F)(F)F)c2)c1. The van der Waals surface area contributed by atoms with Gasteiger partial charge in [0.25, 0.3) is 5.91 Å². The number of carbonyl (C=O) groups excluding carboxylic acids is 1. The highest BCUT2D eigenvalue weighted by Crippen LogP contribution is 2.30. The quantitative estimate of drug-likeness (QED) is 0.656. The van der Waals surface area contributed by atoms with Gasteiger partial charge >= 0.3 is 6.18 Å². The van der Waals surface area contributed by atoms with E-state index in [0.29, 0.717) is 10.4 Å². The van der Waals surface area contributed by atoms with E-state index in [1.54, 1.807) is 30.1 Å². The molecule has 0 radical (unpaired) electrons. The largest absolute Gasteiger partial charge is 0.416 e. The summed E-state index contributed by atoms with van der Waals surface area (Å²) in [7, 11) is 1.75. The molecule has 10 heteroatoms. The minimum Gasteiger partial charge on any atom is -0.347 e. The lowest BCUT2D eigenvalue weighted by molar-refractivity contribution is -0.137. The third kappa shape index (κ3) is 4.57. The first-order chi connectivity index (χ1) is 13.3. The van der Waals surface area contributed by atoms with Gasteiger partial charge in [0.05, 0.1) is 22.3 Å². The van der Waals surface area contributed by atoms with Crippen LogP contribution in [0.5, 0.6) is 0 Å². The molecule has 1 amide bonds. The summed E-state index contributed by atoms with van der Waals surface area (Å²) in [6, 6.07) is 6.26. The summed E-state index contributed by atoms with van der Waals surface area (Å²) in [6.45, 7) is 0.103. The van der Waals surface area contributed by atoms with Gasteiger partial charge in [0.15, 0.2) is 0 Å². The van der Waals surface area contributed by atoms with Gasteiger partial charge in [-0.3, -0.25) is 4.79 Å². The van der Waals surface area contributed by atoms with Crippen molar-refractivity contribution in [3.63, 3.8) is 0 Å². The van der Waals surface area contributed by atoms with E-state index in [4.69, 9.17) is 5.73 Å². The third-order valence-electron chi connectivity index (χ3n) is 4.19. The number of aromatic nitrogens is 3. The topological polar surface area (TPSA) is 85.8 Å². The highest BCUT2D eigenvalue weighted by atomic mass is 32.1. The molecule has 3 aromatic rings. The van der Waals surface area contributed by atoms with Crippen molar-refractivity contribution in [2.24, 2.45) is 12.8 Å². The second kappa shape index (κ2) is 8.11. The van der Waals surface area contributed by atoms with Crippen LogP contribution in [0.3, 0.4) is 0 Å². The van der Waals surface area contributed by atoms with E-state index < -0.39 is 17.8 Å². The first kappa shape index (κ1) is 20.0. The maximum atomic E-state index is 12.9. The number of amides is 1. The number of hydrogen-bond donors (Lipinski definition) is 2. The minimum absolute atomic E-state index is 0.103. The zero-order valence-corrected chi connectivity index (χ0v) is 15.7. The molecule has 0 spiro atoms. The summed E-state index contributed by atoms with van der Waals surface area (Å²) in [5, 5.41) is 12.3. The van der Waals surface area contributed by atoms with Gasteiger partial charge in [-0.2, -0.15) is 13.2 Å². The average Bonchev–Trinajstić information content (AvgIpc) is 3.29. The van der Waals surface area contributed by atoms with Crippen LogP contribution in [0.2, 0.25) is 0 Å². The number of carbonyl (C=O) groups is 1. The lowest BCUT2D eigenvalue weighted by Crippen LogP contribution is -2.41. The summed E-state index contributed by atoms with van der Waals surface area (Å²) < 4.78 is 40.2. The Bertz CT molecular complexity index is 966. The van der Waals surface area contributed by atoms with Crippen LogP contribution in [-0.2, 0) is 19.6 Å². The molecule has 148 valence electrons. The Morgan fingerprint density at radius 3 is 2.79 bits per heavy atom. The van der Waals surface area contributed by atoms with E-state index in [1.807, 2.05) is 5.38 Å². The molecular weight excluding hydrogens is 391 g/mol. The van der Waals surface area contributed by atoms with Gasteiger partial charge in [-0.1, -0.05) is 23.4 Å². The van der Waals surface area contributed by atoms with Crippen LogP contribution >= 0.6 is 11.3 Å². The average molecular weight is 409 g/mol.